The molecule has 1 rings (SSSR count). The predicted molar refractivity (Wildman–Crippen MR) is 51.6 cm³/mol. The van der Waals surface area contributed by atoms with Gasteiger partial charge in [0.1, 0.15) is 0 Å². The minimum absolute atomic E-state index is 0.0887. The third-order valence-corrected chi connectivity index (χ3v) is 1.62. The number of ether oxygens (including phenoxy) is 1. The molecule has 0 amide bonds. The first-order valence-electron chi connectivity index (χ1n) is 4.47. The molecule has 0 aliphatic heterocycles. The van der Waals surface area contributed by atoms with Crippen molar-refractivity contribution >= 4 is 0 Å². The smallest absolute Gasteiger partial charge is 0.387 e. The van der Waals surface area contributed by atoms with E-state index in [4.69, 9.17) is 5.11 Å². The number of aliphatic hydroxyl groups is 1. The number of aliphatic hydroxyl groups excluding tert-OH is 1. The van der Waals surface area contributed by atoms with Crippen LogP contribution in [0.3, 0.4) is 0 Å². The maximum atomic E-state index is 13.0. The molecule has 0 heterocycles. The van der Waals surface area contributed by atoms with Crippen LogP contribution < -0.4 is 4.74 Å². The number of halogens is 3. The molecule has 0 unspecified atom stereocenters. The fourth-order valence-electron chi connectivity index (χ4n) is 0.988. The minimum Gasteiger partial charge on any atom is -0.432 e. The standard InChI is InChI=1S/C11H9F3O2/c12-9-5-4-8(3-1-2-6-15)7-10(9)16-11(13)14/h4-5,7,11,15H,2,6H2. The summed E-state index contributed by atoms with van der Waals surface area (Å²) in [6.07, 6.45) is 0.266. The Kier molecular flexibility index (Phi) is 4.67. The maximum Gasteiger partial charge on any atom is 0.387 e. The molecule has 16 heavy (non-hydrogen) atoms. The van der Waals surface area contributed by atoms with Crippen LogP contribution in [0.1, 0.15) is 12.0 Å². The van der Waals surface area contributed by atoms with Crippen LogP contribution in [0, 0.1) is 17.7 Å². The largest absolute Gasteiger partial charge is 0.432 e. The number of rotatable bonds is 3. The van der Waals surface area contributed by atoms with Crippen LogP contribution in [0.25, 0.3) is 0 Å². The Bertz CT molecular complexity index is 407. The molecular formula is C11H9F3O2. The molecule has 0 fully saturated rings. The van der Waals surface area contributed by atoms with Crippen molar-refractivity contribution in [1.82, 2.24) is 0 Å². The second kappa shape index (κ2) is 6.03. The van der Waals surface area contributed by atoms with Crippen LogP contribution in [-0.2, 0) is 0 Å². The number of hydrogen-bond donors (Lipinski definition) is 1. The summed E-state index contributed by atoms with van der Waals surface area (Å²) in [6.45, 7) is -3.16. The summed E-state index contributed by atoms with van der Waals surface area (Å²) < 4.78 is 40.7. The zero-order valence-electron chi connectivity index (χ0n) is 8.21. The molecule has 1 N–H and O–H groups in total. The fraction of sp³-hybridized carbons (Fsp3) is 0.273. The van der Waals surface area contributed by atoms with Crippen LogP contribution in [-0.4, -0.2) is 18.3 Å². The van der Waals surface area contributed by atoms with E-state index in [1.807, 2.05) is 0 Å². The average molecular weight is 230 g/mol. The summed E-state index contributed by atoms with van der Waals surface area (Å²) in [5.41, 5.74) is 0.352. The lowest BCUT2D eigenvalue weighted by atomic mass is 10.2. The summed E-state index contributed by atoms with van der Waals surface area (Å²) in [7, 11) is 0. The van der Waals surface area contributed by atoms with Crippen molar-refractivity contribution in [1.29, 1.82) is 0 Å². The van der Waals surface area contributed by atoms with E-state index in [1.165, 1.54) is 6.07 Å². The first-order chi connectivity index (χ1) is 7.63. The molecule has 0 bridgehead atoms. The van der Waals surface area contributed by atoms with Crippen molar-refractivity contribution in [2.45, 2.75) is 13.0 Å². The number of benzene rings is 1. The summed E-state index contributed by atoms with van der Waals surface area (Å²) in [6, 6.07) is 3.44. The SMILES string of the molecule is OCCC#Cc1ccc(F)c(OC(F)F)c1. The highest BCUT2D eigenvalue weighted by molar-refractivity contribution is 5.40. The first kappa shape index (κ1) is 12.4. The van der Waals surface area contributed by atoms with Crippen molar-refractivity contribution in [2.24, 2.45) is 0 Å². The molecule has 2 nitrogen and oxygen atoms in total. The monoisotopic (exact) mass is 230 g/mol. The maximum absolute atomic E-state index is 13.0. The minimum atomic E-state index is -3.07. The van der Waals surface area contributed by atoms with Gasteiger partial charge in [0.2, 0.25) is 0 Å². The van der Waals surface area contributed by atoms with Gasteiger partial charge in [0.25, 0.3) is 0 Å². The molecule has 0 aromatic heterocycles. The molecule has 0 radical (unpaired) electrons. The fourth-order valence-corrected chi connectivity index (χ4v) is 0.988. The van der Waals surface area contributed by atoms with E-state index >= 15 is 0 Å². The summed E-state index contributed by atoms with van der Waals surface area (Å²) in [5.74, 6) is 3.77. The second-order valence-electron chi connectivity index (χ2n) is 2.80. The lowest BCUT2D eigenvalue weighted by Crippen LogP contribution is -2.03. The van der Waals surface area contributed by atoms with E-state index < -0.39 is 18.2 Å². The van der Waals surface area contributed by atoms with Gasteiger partial charge in [-0.1, -0.05) is 11.8 Å². The third-order valence-electron chi connectivity index (χ3n) is 1.62. The Hall–Kier alpha value is -1.67. The van der Waals surface area contributed by atoms with Crippen LogP contribution in [0.15, 0.2) is 18.2 Å². The predicted octanol–water partition coefficient (Wildman–Crippen LogP) is 2.16. The van der Waals surface area contributed by atoms with Crippen molar-refractivity contribution in [2.75, 3.05) is 6.61 Å². The van der Waals surface area contributed by atoms with Gasteiger partial charge < -0.3 is 9.84 Å². The molecular weight excluding hydrogens is 221 g/mol. The van der Waals surface area contributed by atoms with Gasteiger partial charge in [0.05, 0.1) is 6.61 Å². The van der Waals surface area contributed by atoms with E-state index in [2.05, 4.69) is 16.6 Å². The lowest BCUT2D eigenvalue weighted by Gasteiger charge is -2.05. The summed E-state index contributed by atoms with van der Waals surface area (Å²) in [4.78, 5) is 0. The molecule has 0 aliphatic carbocycles. The van der Waals surface area contributed by atoms with Gasteiger partial charge >= 0.3 is 6.61 Å². The number of hydrogen-bond acceptors (Lipinski definition) is 2. The van der Waals surface area contributed by atoms with Gasteiger partial charge in [-0.15, -0.1) is 0 Å². The van der Waals surface area contributed by atoms with E-state index in [0.717, 1.165) is 12.1 Å². The van der Waals surface area contributed by atoms with Gasteiger partial charge in [-0.3, -0.25) is 0 Å². The van der Waals surface area contributed by atoms with Gasteiger partial charge in [-0.25, -0.2) is 4.39 Å². The molecule has 86 valence electrons. The van der Waals surface area contributed by atoms with E-state index in [1.54, 1.807) is 0 Å². The van der Waals surface area contributed by atoms with Gasteiger partial charge in [0, 0.05) is 12.0 Å². The molecule has 1 aromatic rings. The van der Waals surface area contributed by atoms with Crippen molar-refractivity contribution < 1.29 is 23.0 Å². The topological polar surface area (TPSA) is 29.5 Å². The molecule has 0 spiro atoms. The third kappa shape index (κ3) is 3.83. The van der Waals surface area contributed by atoms with Crippen molar-refractivity contribution in [3.05, 3.63) is 29.6 Å². The Balaban J connectivity index is 2.86. The zero-order valence-corrected chi connectivity index (χ0v) is 8.21. The van der Waals surface area contributed by atoms with Crippen molar-refractivity contribution in [3.63, 3.8) is 0 Å². The summed E-state index contributed by atoms with van der Waals surface area (Å²) >= 11 is 0. The van der Waals surface area contributed by atoms with Crippen LogP contribution in [0.5, 0.6) is 5.75 Å². The molecule has 0 atom stereocenters. The van der Waals surface area contributed by atoms with E-state index in [9.17, 15) is 13.2 Å². The highest BCUT2D eigenvalue weighted by atomic mass is 19.3. The van der Waals surface area contributed by atoms with Crippen LogP contribution in [0.2, 0.25) is 0 Å². The van der Waals surface area contributed by atoms with Gasteiger partial charge in [-0.2, -0.15) is 8.78 Å². The van der Waals surface area contributed by atoms with Crippen molar-refractivity contribution in [3.8, 4) is 17.6 Å². The normalized spacial score (nSPS) is 9.81. The van der Waals surface area contributed by atoms with E-state index in [0.29, 0.717) is 5.56 Å². The highest BCUT2D eigenvalue weighted by Gasteiger charge is 2.09. The van der Waals surface area contributed by atoms with Gasteiger partial charge in [-0.05, 0) is 18.2 Å². The van der Waals surface area contributed by atoms with Crippen LogP contribution in [0.4, 0.5) is 13.2 Å². The van der Waals surface area contributed by atoms with Gasteiger partial charge in [0.15, 0.2) is 11.6 Å². The average Bonchev–Trinajstić information content (AvgIpc) is 2.22. The molecule has 1 aromatic carbocycles. The molecule has 5 heteroatoms. The quantitative estimate of drug-likeness (QED) is 0.806. The molecule has 0 aliphatic rings. The Morgan fingerprint density at radius 1 is 1.38 bits per heavy atom. The Morgan fingerprint density at radius 3 is 2.75 bits per heavy atom. The second-order valence-corrected chi connectivity index (χ2v) is 2.80. The zero-order chi connectivity index (χ0) is 12.0. The Labute approximate surface area is 90.7 Å². The highest BCUT2D eigenvalue weighted by Crippen LogP contribution is 2.20. The molecule has 0 saturated carbocycles. The number of alkyl halides is 2. The van der Waals surface area contributed by atoms with E-state index in [-0.39, 0.29) is 13.0 Å². The van der Waals surface area contributed by atoms with Crippen LogP contribution >= 0.6 is 0 Å². The lowest BCUT2D eigenvalue weighted by molar-refractivity contribution is -0.0521. The summed E-state index contributed by atoms with van der Waals surface area (Å²) in [5, 5.41) is 8.48. The molecule has 0 saturated heterocycles. The Morgan fingerprint density at radius 2 is 2.12 bits per heavy atom. The first-order valence-corrected chi connectivity index (χ1v) is 4.47.